The quantitative estimate of drug-likeness (QED) is 0.847. The van der Waals surface area contributed by atoms with Gasteiger partial charge in [0.15, 0.2) is 0 Å². The minimum absolute atomic E-state index is 0.399. The molecule has 2 N–H and O–H groups in total. The molecule has 2 heterocycles. The number of anilines is 1. The van der Waals surface area contributed by atoms with Gasteiger partial charge in [-0.2, -0.15) is 0 Å². The summed E-state index contributed by atoms with van der Waals surface area (Å²) in [5, 5.41) is 1.08. The van der Waals surface area contributed by atoms with Crippen molar-refractivity contribution in [3.05, 3.63) is 30.5 Å². The third-order valence-electron chi connectivity index (χ3n) is 3.38. The summed E-state index contributed by atoms with van der Waals surface area (Å²) < 4.78 is 0. The fourth-order valence-electron chi connectivity index (χ4n) is 2.44. The molecule has 1 aliphatic heterocycles. The zero-order chi connectivity index (χ0) is 11.7. The molecule has 17 heavy (non-hydrogen) atoms. The van der Waals surface area contributed by atoms with Crippen LogP contribution in [0.25, 0.3) is 10.9 Å². The number of nitrogens with two attached hydrogens (primary N) is 1. The number of nitrogens with zero attached hydrogens (tertiary/aromatic N) is 3. The number of rotatable bonds is 2. The van der Waals surface area contributed by atoms with Crippen LogP contribution in [0.3, 0.4) is 0 Å². The largest absolute Gasteiger partial charge is 0.337 e. The van der Waals surface area contributed by atoms with Gasteiger partial charge in [0.05, 0.1) is 5.52 Å². The maximum absolute atomic E-state index is 5.78. The molecule has 88 valence electrons. The Kier molecular flexibility index (Phi) is 2.65. The van der Waals surface area contributed by atoms with Gasteiger partial charge in [-0.15, -0.1) is 0 Å². The molecule has 1 aromatic carbocycles. The summed E-state index contributed by atoms with van der Waals surface area (Å²) >= 11 is 0. The molecule has 1 aromatic heterocycles. The monoisotopic (exact) mass is 228 g/mol. The van der Waals surface area contributed by atoms with Crippen LogP contribution < -0.4 is 10.6 Å². The normalized spacial score (nSPS) is 20.1. The number of benzene rings is 1. The van der Waals surface area contributed by atoms with Crippen LogP contribution in [0.2, 0.25) is 0 Å². The van der Waals surface area contributed by atoms with Gasteiger partial charge in [-0.25, -0.2) is 9.97 Å². The second kappa shape index (κ2) is 4.30. The van der Waals surface area contributed by atoms with E-state index in [-0.39, 0.29) is 0 Å². The van der Waals surface area contributed by atoms with Crippen LogP contribution in [0.5, 0.6) is 0 Å². The second-order valence-electron chi connectivity index (χ2n) is 4.45. The lowest BCUT2D eigenvalue weighted by Crippen LogP contribution is -2.36. The summed E-state index contributed by atoms with van der Waals surface area (Å²) in [4.78, 5) is 11.3. The maximum Gasteiger partial charge on any atom is 0.226 e. The van der Waals surface area contributed by atoms with E-state index in [9.17, 15) is 0 Å². The van der Waals surface area contributed by atoms with E-state index in [2.05, 4.69) is 14.9 Å². The third-order valence-corrected chi connectivity index (χ3v) is 3.38. The molecule has 1 atom stereocenters. The molecule has 4 heteroatoms. The Labute approximate surface area is 100 Å². The van der Waals surface area contributed by atoms with Crippen LogP contribution in [0.1, 0.15) is 12.8 Å². The molecule has 1 aliphatic rings. The summed E-state index contributed by atoms with van der Waals surface area (Å²) in [6.45, 7) is 1.69. The molecule has 1 unspecified atom stereocenters. The van der Waals surface area contributed by atoms with E-state index < -0.39 is 0 Å². The van der Waals surface area contributed by atoms with Crippen LogP contribution >= 0.6 is 0 Å². The summed E-state index contributed by atoms with van der Waals surface area (Å²) in [7, 11) is 0. The second-order valence-corrected chi connectivity index (χ2v) is 4.45. The number of hydrogen-bond donors (Lipinski definition) is 1. The Morgan fingerprint density at radius 3 is 3.12 bits per heavy atom. The Hall–Kier alpha value is -1.68. The Morgan fingerprint density at radius 1 is 1.35 bits per heavy atom. The van der Waals surface area contributed by atoms with Crippen LogP contribution in [0.15, 0.2) is 30.5 Å². The van der Waals surface area contributed by atoms with Crippen molar-refractivity contribution in [2.75, 3.05) is 18.0 Å². The average Bonchev–Trinajstić information content (AvgIpc) is 2.86. The lowest BCUT2D eigenvalue weighted by atomic mass is 10.2. The molecule has 3 rings (SSSR count). The van der Waals surface area contributed by atoms with Gasteiger partial charge in [-0.3, -0.25) is 0 Å². The summed E-state index contributed by atoms with van der Waals surface area (Å²) in [6, 6.07) is 8.46. The highest BCUT2D eigenvalue weighted by Crippen LogP contribution is 2.23. The predicted molar refractivity (Wildman–Crippen MR) is 69.0 cm³/mol. The zero-order valence-electron chi connectivity index (χ0n) is 9.71. The molecule has 0 bridgehead atoms. The first-order valence-electron chi connectivity index (χ1n) is 6.07. The summed E-state index contributed by atoms with van der Waals surface area (Å²) in [6.07, 6.45) is 4.22. The van der Waals surface area contributed by atoms with Crippen molar-refractivity contribution in [2.24, 2.45) is 5.73 Å². The lowest BCUT2D eigenvalue weighted by molar-refractivity contribution is 0.665. The van der Waals surface area contributed by atoms with Crippen LogP contribution in [0, 0.1) is 0 Å². The Bertz CT molecular complexity index is 526. The van der Waals surface area contributed by atoms with E-state index in [1.165, 1.54) is 6.42 Å². The molecule has 4 nitrogen and oxygen atoms in total. The van der Waals surface area contributed by atoms with Gasteiger partial charge >= 0.3 is 0 Å². The molecule has 0 amide bonds. The number of hydrogen-bond acceptors (Lipinski definition) is 4. The highest BCUT2D eigenvalue weighted by atomic mass is 15.3. The van der Waals surface area contributed by atoms with Gasteiger partial charge < -0.3 is 10.6 Å². The van der Waals surface area contributed by atoms with E-state index >= 15 is 0 Å². The van der Waals surface area contributed by atoms with E-state index in [1.54, 1.807) is 0 Å². The lowest BCUT2D eigenvalue weighted by Gasteiger charge is -2.23. The first kappa shape index (κ1) is 10.5. The van der Waals surface area contributed by atoms with Gasteiger partial charge in [-0.05, 0) is 18.9 Å². The van der Waals surface area contributed by atoms with Crippen molar-refractivity contribution in [3.8, 4) is 0 Å². The molecule has 0 radical (unpaired) electrons. The highest BCUT2D eigenvalue weighted by molar-refractivity contribution is 5.78. The third kappa shape index (κ3) is 1.85. The fraction of sp³-hybridized carbons (Fsp3) is 0.385. The van der Waals surface area contributed by atoms with E-state index in [1.807, 2.05) is 30.5 Å². The molecule has 0 spiro atoms. The van der Waals surface area contributed by atoms with Gasteiger partial charge in [-0.1, -0.05) is 18.2 Å². The van der Waals surface area contributed by atoms with Gasteiger partial charge in [0.1, 0.15) is 0 Å². The standard InChI is InChI=1S/C13H16N4/c14-8-11-5-3-7-17(11)13-15-9-10-4-1-2-6-12(10)16-13/h1-2,4,6,9,11H,3,5,7-8,14H2. The summed E-state index contributed by atoms with van der Waals surface area (Å²) in [5.74, 6) is 0.816. The van der Waals surface area contributed by atoms with Gasteiger partial charge in [0, 0.05) is 30.7 Å². The minimum Gasteiger partial charge on any atom is -0.337 e. The van der Waals surface area contributed by atoms with Crippen molar-refractivity contribution in [1.29, 1.82) is 0 Å². The van der Waals surface area contributed by atoms with Crippen LogP contribution in [0.4, 0.5) is 5.95 Å². The molecular formula is C13H16N4. The van der Waals surface area contributed by atoms with Gasteiger partial charge in [0.2, 0.25) is 5.95 Å². The van der Waals surface area contributed by atoms with Gasteiger partial charge in [0.25, 0.3) is 0 Å². The van der Waals surface area contributed by atoms with Crippen molar-refractivity contribution in [3.63, 3.8) is 0 Å². The predicted octanol–water partition coefficient (Wildman–Crippen LogP) is 1.56. The van der Waals surface area contributed by atoms with Crippen LogP contribution in [-0.4, -0.2) is 29.1 Å². The number of para-hydroxylation sites is 1. The molecular weight excluding hydrogens is 212 g/mol. The van der Waals surface area contributed by atoms with Crippen LogP contribution in [-0.2, 0) is 0 Å². The first-order chi connectivity index (χ1) is 8.38. The molecule has 1 fully saturated rings. The SMILES string of the molecule is NCC1CCCN1c1ncc2ccccc2n1. The minimum atomic E-state index is 0.399. The van der Waals surface area contributed by atoms with Crippen molar-refractivity contribution >= 4 is 16.9 Å². The Morgan fingerprint density at radius 2 is 2.24 bits per heavy atom. The molecule has 2 aromatic rings. The van der Waals surface area contributed by atoms with Crippen molar-refractivity contribution < 1.29 is 0 Å². The topological polar surface area (TPSA) is 55.0 Å². The zero-order valence-corrected chi connectivity index (χ0v) is 9.71. The summed E-state index contributed by atoms with van der Waals surface area (Å²) in [5.41, 5.74) is 6.78. The Balaban J connectivity index is 2.00. The molecule has 0 saturated carbocycles. The van der Waals surface area contributed by atoms with E-state index in [0.717, 1.165) is 29.8 Å². The number of fused-ring (bicyclic) bond motifs is 1. The average molecular weight is 228 g/mol. The highest BCUT2D eigenvalue weighted by Gasteiger charge is 2.25. The van der Waals surface area contributed by atoms with E-state index in [0.29, 0.717) is 12.6 Å². The maximum atomic E-state index is 5.78. The van der Waals surface area contributed by atoms with Crippen molar-refractivity contribution in [1.82, 2.24) is 9.97 Å². The number of aromatic nitrogens is 2. The fourth-order valence-corrected chi connectivity index (χ4v) is 2.44. The smallest absolute Gasteiger partial charge is 0.226 e. The molecule has 1 saturated heterocycles. The first-order valence-corrected chi connectivity index (χ1v) is 6.07. The van der Waals surface area contributed by atoms with Crippen molar-refractivity contribution in [2.45, 2.75) is 18.9 Å². The van der Waals surface area contributed by atoms with E-state index in [4.69, 9.17) is 5.73 Å². The molecule has 0 aliphatic carbocycles.